The summed E-state index contributed by atoms with van der Waals surface area (Å²) in [5.41, 5.74) is 5.96. The number of para-hydroxylation sites is 2. The van der Waals surface area contributed by atoms with Crippen LogP contribution < -0.4 is 0 Å². The number of hydrogen-bond donors (Lipinski definition) is 0. The molecule has 4 aromatic carbocycles. The zero-order valence-corrected chi connectivity index (χ0v) is 29.4. The summed E-state index contributed by atoms with van der Waals surface area (Å²) < 4.78 is 13.2. The number of aliphatic imine (C=N–C) groups is 1. The second-order valence-electron chi connectivity index (χ2n) is 10.6. The standard InChI is InChI=1S/2C14H7O.C10H14N4.2Au/c2*1-2-10-7-8-12-11-5-3-4-6-13(11)15-14(12)9-10;1-13-5-9(11-7-13)3-4-10-6-14(2)8-12-10;;/h2*3-9H;5,10H,3-4,6H2,1-2H3;;/q2*-1;-2;;. The average Bonchev–Trinajstić information content (AvgIpc) is 3.84. The summed E-state index contributed by atoms with van der Waals surface area (Å²) in [5, 5.41) is 4.40. The molecular formula is C38H28Au2N4O2-4. The molecule has 0 saturated carbocycles. The number of furan rings is 2. The van der Waals surface area contributed by atoms with E-state index in [0.29, 0.717) is 6.04 Å². The van der Waals surface area contributed by atoms with Crippen molar-refractivity contribution in [3.05, 3.63) is 127 Å². The Morgan fingerprint density at radius 2 is 1.28 bits per heavy atom. The number of nitrogens with zero attached hydrogens (tertiary/aromatic N) is 4. The van der Waals surface area contributed by atoms with Gasteiger partial charge in [-0.15, -0.1) is 29.5 Å². The molecule has 8 heteroatoms. The number of hydrogen-bond acceptors (Lipinski definition) is 5. The maximum absolute atomic E-state index is 7.06. The molecule has 0 bridgehead atoms. The Balaban J connectivity index is 0.000000153. The summed E-state index contributed by atoms with van der Waals surface area (Å²) in [6.07, 6.45) is 23.9. The molecule has 1 aliphatic heterocycles. The minimum absolute atomic E-state index is 0. The van der Waals surface area contributed by atoms with Crippen LogP contribution in [0.1, 0.15) is 23.2 Å². The summed E-state index contributed by atoms with van der Waals surface area (Å²) in [6.45, 7) is 0.983. The zero-order valence-electron chi connectivity index (χ0n) is 25.1. The average molecular weight is 967 g/mol. The molecule has 1 atom stereocenters. The molecule has 1 aliphatic rings. The number of fused-ring (bicyclic) bond motifs is 6. The molecule has 0 amide bonds. The van der Waals surface area contributed by atoms with Gasteiger partial charge in [-0.25, -0.2) is 0 Å². The first-order valence-corrected chi connectivity index (χ1v) is 14.3. The van der Waals surface area contributed by atoms with E-state index in [-0.39, 0.29) is 44.8 Å². The fraction of sp³-hybridized carbons (Fsp3) is 0.158. The monoisotopic (exact) mass is 966 g/mol. The van der Waals surface area contributed by atoms with Crippen LogP contribution in [-0.4, -0.2) is 40.4 Å². The summed E-state index contributed by atoms with van der Waals surface area (Å²) in [7, 11) is 3.93. The smallest absolute Gasteiger partial charge is 0.135 e. The second kappa shape index (κ2) is 15.9. The number of benzene rings is 4. The van der Waals surface area contributed by atoms with Gasteiger partial charge >= 0.3 is 0 Å². The van der Waals surface area contributed by atoms with Gasteiger partial charge in [-0.3, -0.25) is 18.2 Å². The van der Waals surface area contributed by atoms with E-state index in [1.807, 2.05) is 115 Å². The fourth-order valence-electron chi connectivity index (χ4n) is 5.20. The molecule has 4 heterocycles. The van der Waals surface area contributed by atoms with E-state index >= 15 is 0 Å². The molecule has 2 radical (unpaired) electrons. The summed E-state index contributed by atoms with van der Waals surface area (Å²) in [6, 6.07) is 27.6. The van der Waals surface area contributed by atoms with Gasteiger partial charge in [0.1, 0.15) is 22.3 Å². The molecule has 0 N–H and O–H groups in total. The maximum Gasteiger partial charge on any atom is 0.135 e. The zero-order chi connectivity index (χ0) is 30.5. The predicted octanol–water partition coefficient (Wildman–Crippen LogP) is 7.41. The van der Waals surface area contributed by atoms with Crippen molar-refractivity contribution in [1.82, 2.24) is 14.5 Å². The molecule has 0 aliphatic carbocycles. The Labute approximate surface area is 299 Å². The molecule has 6 nitrogen and oxygen atoms in total. The first-order chi connectivity index (χ1) is 21.5. The first-order valence-electron chi connectivity index (χ1n) is 14.3. The van der Waals surface area contributed by atoms with E-state index < -0.39 is 0 Å². The Bertz CT molecular complexity index is 2070. The third-order valence-corrected chi connectivity index (χ3v) is 7.37. The van der Waals surface area contributed by atoms with Crippen LogP contribution in [0.5, 0.6) is 0 Å². The van der Waals surface area contributed by atoms with Crippen molar-refractivity contribution < 1.29 is 53.6 Å². The van der Waals surface area contributed by atoms with Crippen LogP contribution in [0.15, 0.2) is 105 Å². The topological polar surface area (TPSA) is 59.7 Å². The minimum atomic E-state index is 0. The molecule has 0 fully saturated rings. The van der Waals surface area contributed by atoms with Crippen molar-refractivity contribution in [1.29, 1.82) is 0 Å². The Morgan fingerprint density at radius 3 is 1.74 bits per heavy atom. The van der Waals surface area contributed by atoms with Crippen LogP contribution in [0.3, 0.4) is 0 Å². The molecular weight excluding hydrogens is 938 g/mol. The van der Waals surface area contributed by atoms with E-state index in [1.54, 1.807) is 0 Å². The van der Waals surface area contributed by atoms with Gasteiger partial charge in [0.15, 0.2) is 0 Å². The van der Waals surface area contributed by atoms with Crippen molar-refractivity contribution >= 4 is 50.2 Å². The van der Waals surface area contributed by atoms with Gasteiger partial charge in [0.05, 0.1) is 0 Å². The summed E-state index contributed by atoms with van der Waals surface area (Å²) >= 11 is 0. The van der Waals surface area contributed by atoms with Gasteiger partial charge in [0, 0.05) is 85.2 Å². The Kier molecular flexibility index (Phi) is 11.9. The van der Waals surface area contributed by atoms with E-state index in [9.17, 15) is 0 Å². The molecule has 46 heavy (non-hydrogen) atoms. The number of aryl methyl sites for hydroxylation is 2. The third-order valence-electron chi connectivity index (χ3n) is 7.37. The van der Waals surface area contributed by atoms with Crippen LogP contribution in [0.4, 0.5) is 0 Å². The molecule has 8 rings (SSSR count). The maximum atomic E-state index is 7.06. The van der Waals surface area contributed by atoms with Gasteiger partial charge in [-0.05, 0) is 32.6 Å². The summed E-state index contributed by atoms with van der Waals surface area (Å²) in [5.74, 6) is 4.71. The van der Waals surface area contributed by atoms with Crippen LogP contribution >= 0.6 is 0 Å². The first kappa shape index (κ1) is 34.6. The van der Waals surface area contributed by atoms with Crippen molar-refractivity contribution in [2.45, 2.75) is 18.9 Å². The molecule has 3 aromatic heterocycles. The number of aromatic nitrogens is 2. The summed E-state index contributed by atoms with van der Waals surface area (Å²) in [4.78, 5) is 10.4. The van der Waals surface area contributed by atoms with E-state index in [1.165, 1.54) is 0 Å². The van der Waals surface area contributed by atoms with Crippen LogP contribution in [0.25, 0.3) is 43.9 Å². The Morgan fingerprint density at radius 1 is 0.761 bits per heavy atom. The number of likely N-dealkylation sites (N-methyl/N-ethyl adjacent to an activating group) is 1. The fourth-order valence-corrected chi connectivity index (χ4v) is 5.20. The number of rotatable bonds is 3. The SMILES string of the molecule is CN1[C-]=NC(CCc2cn(C)[c-]n2)C1.[Au].[Au].[C-]#Cc1ccc2c(c1)oc1ccccc12.[C-]#Cc1ccc2c(c1)oc1ccccc12. The predicted molar refractivity (Wildman–Crippen MR) is 174 cm³/mol. The largest absolute Gasteiger partial charge is 0.538 e. The third kappa shape index (κ3) is 7.94. The van der Waals surface area contributed by atoms with Gasteiger partial charge in [-0.2, -0.15) is 0 Å². The molecule has 238 valence electrons. The molecule has 0 spiro atoms. The van der Waals surface area contributed by atoms with E-state index in [2.05, 4.69) is 34.5 Å². The van der Waals surface area contributed by atoms with Gasteiger partial charge in [0.2, 0.25) is 0 Å². The Hall–Kier alpha value is -4.24. The second-order valence-corrected chi connectivity index (χ2v) is 10.6. The van der Waals surface area contributed by atoms with Crippen molar-refractivity contribution in [3.63, 3.8) is 0 Å². The number of imidazole rings is 1. The van der Waals surface area contributed by atoms with E-state index in [4.69, 9.17) is 21.7 Å². The van der Waals surface area contributed by atoms with Crippen molar-refractivity contribution in [3.8, 4) is 11.8 Å². The van der Waals surface area contributed by atoms with Gasteiger partial charge in [-0.1, -0.05) is 72.8 Å². The minimum Gasteiger partial charge on any atom is -0.538 e. The van der Waals surface area contributed by atoms with Crippen molar-refractivity contribution in [2.24, 2.45) is 12.0 Å². The quantitative estimate of drug-likeness (QED) is 0.105. The van der Waals surface area contributed by atoms with Crippen LogP contribution in [0.2, 0.25) is 0 Å². The normalized spacial score (nSPS) is 13.2. The van der Waals surface area contributed by atoms with Crippen molar-refractivity contribution in [2.75, 3.05) is 13.6 Å². The van der Waals surface area contributed by atoms with Crippen LogP contribution in [0, 0.1) is 31.0 Å². The molecule has 0 saturated heterocycles. The molecule has 1 unspecified atom stereocenters. The molecule has 7 aromatic rings. The van der Waals surface area contributed by atoms with Gasteiger partial charge < -0.3 is 41.1 Å². The van der Waals surface area contributed by atoms with Crippen LogP contribution in [-0.2, 0) is 58.2 Å². The van der Waals surface area contributed by atoms with Gasteiger partial charge in [0.25, 0.3) is 0 Å². The van der Waals surface area contributed by atoms with E-state index in [0.717, 1.165) is 80.1 Å².